The normalized spacial score (nSPS) is 31.5. The standard InChI is InChI=1S/C29H24BrN/c30-24-5-7-26-25-6-4-21(20-3-1-2-17(9-20)16-31)14-27(25)29(28(26)15-24)22-10-18-8-19(12-22)13-23(29)11-18/h1-7,9,14-15,18-19,22-23H,8,10-13H2. The summed E-state index contributed by atoms with van der Waals surface area (Å²) in [4.78, 5) is 0. The number of hydrogen-bond donors (Lipinski definition) is 0. The Morgan fingerprint density at radius 3 is 2.10 bits per heavy atom. The molecule has 8 rings (SSSR count). The van der Waals surface area contributed by atoms with E-state index in [1.165, 1.54) is 53.3 Å². The van der Waals surface area contributed by atoms with Crippen molar-refractivity contribution in [2.45, 2.75) is 37.5 Å². The van der Waals surface area contributed by atoms with E-state index in [1.807, 2.05) is 18.2 Å². The Kier molecular flexibility index (Phi) is 3.72. The van der Waals surface area contributed by atoms with E-state index < -0.39 is 0 Å². The minimum Gasteiger partial charge on any atom is -0.192 e. The van der Waals surface area contributed by atoms with Crippen molar-refractivity contribution >= 4 is 15.9 Å². The number of nitrogens with zero attached hydrogens (tertiary/aromatic N) is 1. The maximum atomic E-state index is 9.39. The highest BCUT2D eigenvalue weighted by atomic mass is 79.9. The molecule has 3 aromatic rings. The maximum Gasteiger partial charge on any atom is 0.0991 e. The van der Waals surface area contributed by atoms with Gasteiger partial charge < -0.3 is 0 Å². The molecule has 0 unspecified atom stereocenters. The van der Waals surface area contributed by atoms with Crippen LogP contribution in [0.1, 0.15) is 48.8 Å². The SMILES string of the molecule is N#Cc1cccc(-c2ccc3c(c2)C2(c4cc(Br)ccc4-3)C3CC4CC(C3)CC2C4)c1. The van der Waals surface area contributed by atoms with Crippen molar-refractivity contribution in [1.82, 2.24) is 0 Å². The fraction of sp³-hybridized carbons (Fsp3) is 0.345. The van der Waals surface area contributed by atoms with E-state index in [0.717, 1.165) is 34.8 Å². The fourth-order valence-corrected chi connectivity index (χ4v) is 8.48. The fourth-order valence-electron chi connectivity index (χ4n) is 8.12. The van der Waals surface area contributed by atoms with Crippen LogP contribution in [0.25, 0.3) is 22.3 Å². The van der Waals surface area contributed by atoms with Gasteiger partial charge in [-0.15, -0.1) is 0 Å². The van der Waals surface area contributed by atoms with Gasteiger partial charge in [0, 0.05) is 9.89 Å². The van der Waals surface area contributed by atoms with E-state index >= 15 is 0 Å². The van der Waals surface area contributed by atoms with Crippen molar-refractivity contribution in [2.24, 2.45) is 23.7 Å². The third kappa shape index (κ3) is 2.36. The first-order chi connectivity index (χ1) is 15.2. The highest BCUT2D eigenvalue weighted by Crippen LogP contribution is 2.69. The van der Waals surface area contributed by atoms with E-state index in [-0.39, 0.29) is 5.41 Å². The monoisotopic (exact) mass is 465 g/mol. The van der Waals surface area contributed by atoms with Gasteiger partial charge in [0.2, 0.25) is 0 Å². The van der Waals surface area contributed by atoms with E-state index in [9.17, 15) is 5.26 Å². The van der Waals surface area contributed by atoms with Crippen LogP contribution in [0, 0.1) is 35.0 Å². The zero-order chi connectivity index (χ0) is 20.7. The molecule has 4 saturated carbocycles. The van der Waals surface area contributed by atoms with E-state index in [0.29, 0.717) is 0 Å². The smallest absolute Gasteiger partial charge is 0.0991 e. The number of hydrogen-bond acceptors (Lipinski definition) is 1. The molecule has 0 aliphatic heterocycles. The van der Waals surface area contributed by atoms with Gasteiger partial charge in [0.05, 0.1) is 11.6 Å². The number of benzene rings is 3. The lowest BCUT2D eigenvalue weighted by molar-refractivity contribution is -0.0399. The van der Waals surface area contributed by atoms with Crippen LogP contribution in [0.15, 0.2) is 65.1 Å². The van der Waals surface area contributed by atoms with Crippen molar-refractivity contribution in [3.63, 3.8) is 0 Å². The van der Waals surface area contributed by atoms with Crippen molar-refractivity contribution in [1.29, 1.82) is 5.26 Å². The van der Waals surface area contributed by atoms with Gasteiger partial charge in [0.15, 0.2) is 0 Å². The molecule has 0 aromatic heterocycles. The summed E-state index contributed by atoms with van der Waals surface area (Å²) in [5, 5.41) is 9.39. The van der Waals surface area contributed by atoms with E-state index in [2.05, 4.69) is 64.5 Å². The predicted molar refractivity (Wildman–Crippen MR) is 128 cm³/mol. The molecule has 2 heteroatoms. The van der Waals surface area contributed by atoms with Gasteiger partial charge in [0.1, 0.15) is 0 Å². The zero-order valence-electron chi connectivity index (χ0n) is 17.4. The average Bonchev–Trinajstić information content (AvgIpc) is 3.06. The summed E-state index contributed by atoms with van der Waals surface area (Å²) in [6.07, 6.45) is 7.06. The van der Waals surface area contributed by atoms with Crippen LogP contribution in [0.4, 0.5) is 0 Å². The van der Waals surface area contributed by atoms with E-state index in [4.69, 9.17) is 0 Å². The quantitative estimate of drug-likeness (QED) is 0.360. The van der Waals surface area contributed by atoms with Crippen LogP contribution in [0.3, 0.4) is 0 Å². The number of halogens is 1. The van der Waals surface area contributed by atoms with Crippen LogP contribution in [0.2, 0.25) is 0 Å². The molecule has 1 spiro atoms. The highest BCUT2D eigenvalue weighted by Gasteiger charge is 2.61. The van der Waals surface area contributed by atoms with Gasteiger partial charge in [-0.1, -0.05) is 46.3 Å². The predicted octanol–water partition coefficient (Wildman–Crippen LogP) is 7.71. The first-order valence-corrected chi connectivity index (χ1v) is 12.4. The molecule has 0 saturated heterocycles. The first-order valence-electron chi connectivity index (χ1n) is 11.6. The van der Waals surface area contributed by atoms with Crippen LogP contribution in [-0.2, 0) is 5.41 Å². The molecule has 0 radical (unpaired) electrons. The van der Waals surface area contributed by atoms with Gasteiger partial charge in [0.25, 0.3) is 0 Å². The average molecular weight is 466 g/mol. The molecule has 31 heavy (non-hydrogen) atoms. The second-order valence-corrected chi connectivity index (χ2v) is 11.2. The molecule has 152 valence electrons. The van der Waals surface area contributed by atoms with Gasteiger partial charge in [-0.3, -0.25) is 0 Å². The van der Waals surface area contributed by atoms with E-state index in [1.54, 1.807) is 11.1 Å². The molecule has 0 heterocycles. The summed E-state index contributed by atoms with van der Waals surface area (Å²) in [7, 11) is 0. The molecular formula is C29H24BrN. The lowest BCUT2D eigenvalue weighted by Gasteiger charge is -2.61. The lowest BCUT2D eigenvalue weighted by Crippen LogP contribution is -2.55. The molecular weight excluding hydrogens is 442 g/mol. The van der Waals surface area contributed by atoms with Gasteiger partial charge in [-0.25, -0.2) is 0 Å². The van der Waals surface area contributed by atoms with Crippen molar-refractivity contribution < 1.29 is 0 Å². The Labute approximate surface area is 192 Å². The summed E-state index contributed by atoms with van der Waals surface area (Å²) >= 11 is 3.80. The molecule has 0 N–H and O–H groups in total. The lowest BCUT2D eigenvalue weighted by atomic mass is 9.43. The Bertz CT molecular complexity index is 1250. The Morgan fingerprint density at radius 2 is 1.39 bits per heavy atom. The summed E-state index contributed by atoms with van der Waals surface area (Å²) < 4.78 is 1.20. The maximum absolute atomic E-state index is 9.39. The topological polar surface area (TPSA) is 23.8 Å². The van der Waals surface area contributed by atoms with Crippen LogP contribution in [0.5, 0.6) is 0 Å². The third-order valence-electron chi connectivity index (χ3n) is 8.93. The summed E-state index contributed by atoms with van der Waals surface area (Å²) in [5.74, 6) is 3.42. The molecule has 0 amide bonds. The highest BCUT2D eigenvalue weighted by molar-refractivity contribution is 9.10. The minimum atomic E-state index is 0.171. The number of fused-ring (bicyclic) bond motifs is 3. The summed E-state index contributed by atoms with van der Waals surface area (Å²) in [5.41, 5.74) is 9.33. The van der Waals surface area contributed by atoms with Crippen LogP contribution < -0.4 is 0 Å². The minimum absolute atomic E-state index is 0.171. The second-order valence-electron chi connectivity index (χ2n) is 10.3. The Hall–Kier alpha value is -2.37. The molecule has 5 aliphatic carbocycles. The Morgan fingerprint density at radius 1 is 0.742 bits per heavy atom. The third-order valence-corrected chi connectivity index (χ3v) is 9.43. The summed E-state index contributed by atoms with van der Waals surface area (Å²) in [6, 6.07) is 24.5. The first kappa shape index (κ1) is 18.2. The van der Waals surface area contributed by atoms with Crippen molar-refractivity contribution in [3.8, 4) is 28.3 Å². The molecule has 4 bridgehead atoms. The van der Waals surface area contributed by atoms with Crippen LogP contribution >= 0.6 is 15.9 Å². The number of rotatable bonds is 1. The molecule has 1 nitrogen and oxygen atoms in total. The molecule has 3 aromatic carbocycles. The van der Waals surface area contributed by atoms with Crippen molar-refractivity contribution in [3.05, 3.63) is 81.8 Å². The van der Waals surface area contributed by atoms with Gasteiger partial charge >= 0.3 is 0 Å². The Balaban J connectivity index is 1.48. The second kappa shape index (κ2) is 6.33. The largest absolute Gasteiger partial charge is 0.192 e. The van der Waals surface area contributed by atoms with Gasteiger partial charge in [-0.05, 0) is 119 Å². The zero-order valence-corrected chi connectivity index (χ0v) is 19.0. The molecule has 5 aliphatic rings. The summed E-state index contributed by atoms with van der Waals surface area (Å²) in [6.45, 7) is 0. The van der Waals surface area contributed by atoms with Crippen LogP contribution in [-0.4, -0.2) is 0 Å². The molecule has 4 fully saturated rings. The molecule has 0 atom stereocenters. The van der Waals surface area contributed by atoms with Gasteiger partial charge in [-0.2, -0.15) is 5.26 Å². The van der Waals surface area contributed by atoms with Crippen molar-refractivity contribution in [2.75, 3.05) is 0 Å². The number of nitriles is 1.